The molecule has 1 aliphatic heterocycles. The van der Waals surface area contributed by atoms with Gasteiger partial charge in [0.25, 0.3) is 11.7 Å². The van der Waals surface area contributed by atoms with E-state index in [9.17, 15) is 14.7 Å². The van der Waals surface area contributed by atoms with Crippen molar-refractivity contribution in [3.63, 3.8) is 0 Å². The van der Waals surface area contributed by atoms with E-state index in [4.69, 9.17) is 21.1 Å². The van der Waals surface area contributed by atoms with E-state index in [1.807, 2.05) is 38.1 Å². The zero-order valence-electron chi connectivity index (χ0n) is 19.1. The Labute approximate surface area is 198 Å². The van der Waals surface area contributed by atoms with Crippen LogP contribution in [-0.4, -0.2) is 41.5 Å². The number of nitrogens with zero attached hydrogens (tertiary/aromatic N) is 1. The molecule has 1 unspecified atom stereocenters. The average molecular weight is 470 g/mol. The number of ether oxygens (including phenoxy) is 2. The number of ketones is 1. The number of halogens is 1. The standard InChI is InChI=1S/C26H28ClNO5/c1-4-33-18-11-7-8-16(14-18)22-21(24(30)26(31)28(22)17-9-5-6-10-17)23(29)19-12-15(2)13-20(27)25(19)32-3/h7-8,11-14,17,22,29H,4-6,9-10H2,1-3H3/b23-21+. The molecule has 4 rings (SSSR count). The quantitative estimate of drug-likeness (QED) is 0.347. The van der Waals surface area contributed by atoms with Gasteiger partial charge in [-0.05, 0) is 62.1 Å². The normalized spacial score (nSPS) is 20.5. The van der Waals surface area contributed by atoms with Gasteiger partial charge in [-0.25, -0.2) is 0 Å². The number of amides is 1. The lowest BCUT2D eigenvalue weighted by Gasteiger charge is -2.31. The van der Waals surface area contributed by atoms with E-state index in [0.29, 0.717) is 22.9 Å². The monoisotopic (exact) mass is 469 g/mol. The second-order valence-electron chi connectivity index (χ2n) is 8.48. The molecule has 1 N–H and O–H groups in total. The summed E-state index contributed by atoms with van der Waals surface area (Å²) in [6, 6.07) is 9.99. The lowest BCUT2D eigenvalue weighted by Crippen LogP contribution is -2.37. The van der Waals surface area contributed by atoms with E-state index in [2.05, 4.69) is 0 Å². The number of carbonyl (C=O) groups excluding carboxylic acids is 2. The molecule has 1 amide bonds. The Morgan fingerprint density at radius 1 is 1.18 bits per heavy atom. The molecular formula is C26H28ClNO5. The number of Topliss-reactive ketones (excluding diaryl/α,β-unsaturated/α-hetero) is 1. The van der Waals surface area contributed by atoms with Gasteiger partial charge in [-0.2, -0.15) is 0 Å². The summed E-state index contributed by atoms with van der Waals surface area (Å²) >= 11 is 6.35. The van der Waals surface area contributed by atoms with Crippen molar-refractivity contribution in [2.24, 2.45) is 0 Å². The number of methoxy groups -OCH3 is 1. The van der Waals surface area contributed by atoms with Crippen molar-refractivity contribution < 1.29 is 24.2 Å². The third kappa shape index (κ3) is 4.20. The summed E-state index contributed by atoms with van der Waals surface area (Å²) in [6.07, 6.45) is 3.66. The molecule has 1 saturated carbocycles. The highest BCUT2D eigenvalue weighted by atomic mass is 35.5. The summed E-state index contributed by atoms with van der Waals surface area (Å²) < 4.78 is 11.1. The molecule has 2 aromatic carbocycles. The lowest BCUT2D eigenvalue weighted by atomic mass is 9.93. The number of carbonyl (C=O) groups is 2. The molecule has 2 aromatic rings. The zero-order valence-corrected chi connectivity index (χ0v) is 19.8. The molecule has 174 valence electrons. The van der Waals surface area contributed by atoms with Crippen LogP contribution < -0.4 is 9.47 Å². The first-order chi connectivity index (χ1) is 15.9. The second-order valence-corrected chi connectivity index (χ2v) is 8.88. The van der Waals surface area contributed by atoms with Crippen molar-refractivity contribution in [1.82, 2.24) is 4.90 Å². The number of aliphatic hydroxyl groups excluding tert-OH is 1. The zero-order chi connectivity index (χ0) is 23.7. The molecule has 7 heteroatoms. The van der Waals surface area contributed by atoms with Crippen molar-refractivity contribution >= 4 is 29.1 Å². The predicted octanol–water partition coefficient (Wildman–Crippen LogP) is 5.42. The van der Waals surface area contributed by atoms with Crippen LogP contribution in [0.4, 0.5) is 0 Å². The Bertz CT molecular complexity index is 1120. The van der Waals surface area contributed by atoms with Crippen LogP contribution in [0.1, 0.15) is 55.3 Å². The fourth-order valence-electron chi connectivity index (χ4n) is 4.93. The maximum atomic E-state index is 13.3. The number of hydrogen-bond acceptors (Lipinski definition) is 5. The molecule has 1 atom stereocenters. The van der Waals surface area contributed by atoms with Crippen molar-refractivity contribution in [3.8, 4) is 11.5 Å². The van der Waals surface area contributed by atoms with Gasteiger partial charge in [0.1, 0.15) is 17.3 Å². The van der Waals surface area contributed by atoms with Crippen molar-refractivity contribution in [2.75, 3.05) is 13.7 Å². The average Bonchev–Trinajstić information content (AvgIpc) is 3.40. The van der Waals surface area contributed by atoms with Gasteiger partial charge in [0.05, 0.1) is 35.9 Å². The van der Waals surface area contributed by atoms with Crippen LogP contribution in [0.5, 0.6) is 11.5 Å². The first-order valence-electron chi connectivity index (χ1n) is 11.2. The van der Waals surface area contributed by atoms with Crippen LogP contribution in [0.2, 0.25) is 5.02 Å². The Balaban J connectivity index is 1.94. The summed E-state index contributed by atoms with van der Waals surface area (Å²) in [7, 11) is 1.45. The number of aryl methyl sites for hydroxylation is 1. The summed E-state index contributed by atoms with van der Waals surface area (Å²) in [6.45, 7) is 4.22. The largest absolute Gasteiger partial charge is 0.507 e. The Morgan fingerprint density at radius 2 is 1.91 bits per heavy atom. The van der Waals surface area contributed by atoms with Crippen LogP contribution in [-0.2, 0) is 9.59 Å². The Hall–Kier alpha value is -2.99. The molecule has 1 heterocycles. The fraction of sp³-hybridized carbons (Fsp3) is 0.385. The van der Waals surface area contributed by atoms with E-state index < -0.39 is 17.7 Å². The number of rotatable bonds is 6. The van der Waals surface area contributed by atoms with Gasteiger partial charge in [0, 0.05) is 6.04 Å². The minimum atomic E-state index is -0.725. The topological polar surface area (TPSA) is 76.1 Å². The molecule has 1 aliphatic carbocycles. The number of aliphatic hydroxyl groups is 1. The van der Waals surface area contributed by atoms with Crippen LogP contribution in [0, 0.1) is 6.92 Å². The van der Waals surface area contributed by atoms with Crippen molar-refractivity contribution in [2.45, 2.75) is 51.6 Å². The van der Waals surface area contributed by atoms with Gasteiger partial charge < -0.3 is 19.5 Å². The van der Waals surface area contributed by atoms with Gasteiger partial charge in [0.2, 0.25) is 0 Å². The van der Waals surface area contributed by atoms with Crippen LogP contribution in [0.25, 0.3) is 5.76 Å². The van der Waals surface area contributed by atoms with Crippen LogP contribution in [0.3, 0.4) is 0 Å². The minimum Gasteiger partial charge on any atom is -0.507 e. The molecule has 0 aromatic heterocycles. The molecule has 0 spiro atoms. The fourth-order valence-corrected chi connectivity index (χ4v) is 5.29. The number of hydrogen-bond donors (Lipinski definition) is 1. The van der Waals surface area contributed by atoms with Crippen molar-refractivity contribution in [3.05, 3.63) is 63.7 Å². The number of benzene rings is 2. The third-order valence-electron chi connectivity index (χ3n) is 6.33. The summed E-state index contributed by atoms with van der Waals surface area (Å²) in [5.41, 5.74) is 1.84. The van der Waals surface area contributed by atoms with E-state index in [0.717, 1.165) is 31.2 Å². The van der Waals surface area contributed by atoms with Gasteiger partial charge in [-0.1, -0.05) is 36.6 Å². The first-order valence-corrected chi connectivity index (χ1v) is 11.6. The maximum Gasteiger partial charge on any atom is 0.295 e. The summed E-state index contributed by atoms with van der Waals surface area (Å²) in [5.74, 6) is -0.682. The maximum absolute atomic E-state index is 13.3. The molecule has 2 aliphatic rings. The van der Waals surface area contributed by atoms with E-state index in [1.165, 1.54) is 7.11 Å². The highest BCUT2D eigenvalue weighted by molar-refractivity contribution is 6.46. The van der Waals surface area contributed by atoms with Crippen LogP contribution in [0.15, 0.2) is 42.0 Å². The second kappa shape index (κ2) is 9.48. The third-order valence-corrected chi connectivity index (χ3v) is 6.61. The van der Waals surface area contributed by atoms with E-state index >= 15 is 0 Å². The smallest absolute Gasteiger partial charge is 0.295 e. The molecule has 0 bridgehead atoms. The molecule has 33 heavy (non-hydrogen) atoms. The highest BCUT2D eigenvalue weighted by Gasteiger charge is 2.49. The Kier molecular flexibility index (Phi) is 6.66. The lowest BCUT2D eigenvalue weighted by molar-refractivity contribution is -0.141. The summed E-state index contributed by atoms with van der Waals surface area (Å²) in [5, 5.41) is 11.8. The molecule has 2 fully saturated rings. The van der Waals surface area contributed by atoms with Gasteiger partial charge in [-0.15, -0.1) is 0 Å². The predicted molar refractivity (Wildman–Crippen MR) is 127 cm³/mol. The minimum absolute atomic E-state index is 0.0421. The number of likely N-dealkylation sites (tertiary alicyclic amines) is 1. The Morgan fingerprint density at radius 3 is 2.58 bits per heavy atom. The first kappa shape index (κ1) is 23.2. The molecule has 6 nitrogen and oxygen atoms in total. The molecular weight excluding hydrogens is 442 g/mol. The molecule has 1 saturated heterocycles. The van der Waals surface area contributed by atoms with Gasteiger partial charge >= 0.3 is 0 Å². The van der Waals surface area contributed by atoms with Gasteiger partial charge in [0.15, 0.2) is 0 Å². The summed E-state index contributed by atoms with van der Waals surface area (Å²) in [4.78, 5) is 28.2. The van der Waals surface area contributed by atoms with Gasteiger partial charge in [-0.3, -0.25) is 9.59 Å². The van der Waals surface area contributed by atoms with E-state index in [-0.39, 0.29) is 28.7 Å². The van der Waals surface area contributed by atoms with Crippen LogP contribution >= 0.6 is 11.6 Å². The SMILES string of the molecule is CCOc1cccc(C2/C(=C(\O)c3cc(C)cc(Cl)c3OC)C(=O)C(=O)N2C2CCCC2)c1. The highest BCUT2D eigenvalue weighted by Crippen LogP contribution is 2.45. The molecule has 0 radical (unpaired) electrons. The van der Waals surface area contributed by atoms with Crippen molar-refractivity contribution in [1.29, 1.82) is 0 Å². The van der Waals surface area contributed by atoms with E-state index in [1.54, 1.807) is 17.0 Å².